The number of aromatic nitrogens is 1. The smallest absolute Gasteiger partial charge is 0.305 e. The maximum atomic E-state index is 13.9. The van der Waals surface area contributed by atoms with E-state index in [2.05, 4.69) is 4.98 Å². The Balaban J connectivity index is 1.36. The van der Waals surface area contributed by atoms with E-state index in [0.717, 1.165) is 27.3 Å². The largest absolute Gasteiger partial charge is 0.497 e. The Morgan fingerprint density at radius 1 is 0.900 bits per heavy atom. The topological polar surface area (TPSA) is 97.9 Å². The van der Waals surface area contributed by atoms with Crippen LogP contribution in [0.2, 0.25) is 5.02 Å². The number of anilines is 1. The van der Waals surface area contributed by atoms with Gasteiger partial charge in [0.2, 0.25) is 11.8 Å². The Hall–Kier alpha value is -3.73. The number of thioether (sulfide) groups is 1. The second kappa shape index (κ2) is 10.7. The number of ether oxygens (including phenoxy) is 3. The highest BCUT2D eigenvalue weighted by molar-refractivity contribution is 8.00. The SMILES string of the molecule is COc1ccc(N2C(=O)[C@H]3[C@H](c4ccc(OCc5ccc(Cl)cc5)c(OC)c4)c4sc(=O)[nH]c4S[C@H]3C2=O)cc1. The van der Waals surface area contributed by atoms with Gasteiger partial charge in [-0.1, -0.05) is 52.9 Å². The van der Waals surface area contributed by atoms with Crippen molar-refractivity contribution in [3.8, 4) is 17.2 Å². The summed E-state index contributed by atoms with van der Waals surface area (Å²) in [5.74, 6) is -0.228. The first kappa shape index (κ1) is 26.5. The molecule has 1 fully saturated rings. The van der Waals surface area contributed by atoms with E-state index in [9.17, 15) is 14.4 Å². The van der Waals surface area contributed by atoms with Crippen molar-refractivity contribution in [2.75, 3.05) is 19.1 Å². The van der Waals surface area contributed by atoms with Gasteiger partial charge in [0.1, 0.15) is 17.6 Å². The number of aromatic amines is 1. The number of halogens is 1. The van der Waals surface area contributed by atoms with Gasteiger partial charge >= 0.3 is 4.87 Å². The fourth-order valence-electron chi connectivity index (χ4n) is 5.10. The molecule has 0 unspecified atom stereocenters. The summed E-state index contributed by atoms with van der Waals surface area (Å²) >= 11 is 8.28. The molecule has 0 spiro atoms. The van der Waals surface area contributed by atoms with Crippen molar-refractivity contribution in [3.63, 3.8) is 0 Å². The van der Waals surface area contributed by atoms with E-state index in [1.54, 1.807) is 56.7 Å². The summed E-state index contributed by atoms with van der Waals surface area (Å²) in [6.07, 6.45) is 0. The fraction of sp³-hybridized carbons (Fsp3) is 0.207. The number of nitrogens with zero attached hydrogens (tertiary/aromatic N) is 1. The predicted molar refractivity (Wildman–Crippen MR) is 154 cm³/mol. The molecule has 204 valence electrons. The van der Waals surface area contributed by atoms with E-state index >= 15 is 0 Å². The Labute approximate surface area is 242 Å². The highest BCUT2D eigenvalue weighted by Gasteiger charge is 2.56. The lowest BCUT2D eigenvalue weighted by Gasteiger charge is -2.30. The lowest BCUT2D eigenvalue weighted by atomic mass is 9.83. The highest BCUT2D eigenvalue weighted by atomic mass is 35.5. The summed E-state index contributed by atoms with van der Waals surface area (Å²) in [6.45, 7) is 0.311. The molecule has 0 radical (unpaired) electrons. The molecule has 6 rings (SSSR count). The molecule has 0 bridgehead atoms. The van der Waals surface area contributed by atoms with Gasteiger partial charge in [-0.15, -0.1) is 0 Å². The average Bonchev–Trinajstić information content (AvgIpc) is 3.46. The van der Waals surface area contributed by atoms with Crippen molar-refractivity contribution in [2.24, 2.45) is 5.92 Å². The van der Waals surface area contributed by atoms with Crippen LogP contribution in [-0.2, 0) is 16.2 Å². The van der Waals surface area contributed by atoms with Crippen molar-refractivity contribution in [1.29, 1.82) is 0 Å². The van der Waals surface area contributed by atoms with Crippen molar-refractivity contribution >= 4 is 52.2 Å². The number of methoxy groups -OCH3 is 2. The monoisotopic (exact) mass is 594 g/mol. The third-order valence-corrected chi connectivity index (χ3v) is 9.66. The first-order valence-corrected chi connectivity index (χ1v) is 14.4. The predicted octanol–water partition coefficient (Wildman–Crippen LogP) is 5.48. The number of carbonyl (C=O) groups excluding carboxylic acids is 2. The Kier molecular flexibility index (Phi) is 7.07. The molecule has 3 atom stereocenters. The van der Waals surface area contributed by atoms with E-state index in [1.807, 2.05) is 24.3 Å². The molecule has 11 heteroatoms. The number of amides is 2. The molecule has 40 heavy (non-hydrogen) atoms. The summed E-state index contributed by atoms with van der Waals surface area (Å²) in [5, 5.41) is 0.566. The minimum absolute atomic E-state index is 0.232. The quantitative estimate of drug-likeness (QED) is 0.283. The first-order chi connectivity index (χ1) is 19.4. The number of hydrogen-bond donors (Lipinski definition) is 1. The zero-order valence-corrected chi connectivity index (χ0v) is 23.8. The molecule has 1 aromatic heterocycles. The summed E-state index contributed by atoms with van der Waals surface area (Å²) < 4.78 is 16.9. The summed E-state index contributed by atoms with van der Waals surface area (Å²) in [7, 11) is 3.10. The third-order valence-electron chi connectivity index (χ3n) is 7.01. The van der Waals surface area contributed by atoms with Crippen LogP contribution in [0.4, 0.5) is 5.69 Å². The molecule has 1 N–H and O–H groups in total. The molecule has 1 saturated heterocycles. The molecule has 2 amide bonds. The summed E-state index contributed by atoms with van der Waals surface area (Å²) in [5.41, 5.74) is 2.17. The molecular formula is C29H23ClN2O6S2. The minimum atomic E-state index is -0.705. The highest BCUT2D eigenvalue weighted by Crippen LogP contribution is 2.53. The van der Waals surface area contributed by atoms with Crippen LogP contribution in [-0.4, -0.2) is 36.3 Å². The standard InChI is InChI=1S/C29H23ClN2O6S2/c1-36-19-10-8-18(9-11-19)32-27(33)23-22(24-26(31-29(35)40-24)39-25(23)28(32)34)16-5-12-20(21(13-16)37-2)38-14-15-3-6-17(30)7-4-15/h3-13,22-23,25H,14H2,1-2H3,(H,31,35)/t22-,23-,25+/m0/s1. The molecular weight excluding hydrogens is 572 g/mol. The van der Waals surface area contributed by atoms with Crippen LogP contribution in [0.5, 0.6) is 17.2 Å². The Morgan fingerprint density at radius 3 is 2.35 bits per heavy atom. The molecule has 4 aromatic rings. The summed E-state index contributed by atoms with van der Waals surface area (Å²) in [6, 6.07) is 19.6. The average molecular weight is 595 g/mol. The lowest BCUT2D eigenvalue weighted by molar-refractivity contribution is -0.122. The number of H-pyrrole nitrogens is 1. The van der Waals surface area contributed by atoms with Crippen molar-refractivity contribution in [3.05, 3.63) is 97.4 Å². The summed E-state index contributed by atoms with van der Waals surface area (Å²) in [4.78, 5) is 44.5. The number of carbonyl (C=O) groups is 2. The van der Waals surface area contributed by atoms with Crippen LogP contribution in [0.3, 0.4) is 0 Å². The lowest BCUT2D eigenvalue weighted by Crippen LogP contribution is -2.32. The maximum absolute atomic E-state index is 13.9. The van der Waals surface area contributed by atoms with E-state index in [4.69, 9.17) is 25.8 Å². The van der Waals surface area contributed by atoms with Crippen molar-refractivity contribution in [1.82, 2.24) is 4.98 Å². The number of nitrogens with one attached hydrogen (secondary N) is 1. The fourth-order valence-corrected chi connectivity index (χ4v) is 7.74. The Bertz CT molecular complexity index is 1650. The number of fused-ring (bicyclic) bond motifs is 2. The van der Waals surface area contributed by atoms with E-state index in [-0.39, 0.29) is 16.7 Å². The number of thiazole rings is 1. The van der Waals surface area contributed by atoms with E-state index in [1.165, 1.54) is 16.7 Å². The van der Waals surface area contributed by atoms with Crippen LogP contribution in [0.1, 0.15) is 21.9 Å². The number of imide groups is 1. The van der Waals surface area contributed by atoms with Crippen LogP contribution in [0.25, 0.3) is 0 Å². The molecule has 0 saturated carbocycles. The van der Waals surface area contributed by atoms with Gasteiger partial charge in [0.05, 0.1) is 30.9 Å². The van der Waals surface area contributed by atoms with Gasteiger partial charge in [-0.05, 0) is 59.7 Å². The van der Waals surface area contributed by atoms with Crippen molar-refractivity contribution < 1.29 is 23.8 Å². The van der Waals surface area contributed by atoms with Crippen molar-refractivity contribution in [2.45, 2.75) is 22.8 Å². The zero-order chi connectivity index (χ0) is 28.0. The Morgan fingerprint density at radius 2 is 1.65 bits per heavy atom. The first-order valence-electron chi connectivity index (χ1n) is 12.3. The molecule has 3 heterocycles. The van der Waals surface area contributed by atoms with Gasteiger partial charge in [0.15, 0.2) is 11.5 Å². The maximum Gasteiger partial charge on any atom is 0.305 e. The van der Waals surface area contributed by atoms with Gasteiger partial charge in [-0.2, -0.15) is 0 Å². The van der Waals surface area contributed by atoms with Gasteiger partial charge in [0, 0.05) is 15.8 Å². The van der Waals surface area contributed by atoms with Gasteiger partial charge < -0.3 is 19.2 Å². The van der Waals surface area contributed by atoms with Crippen LogP contribution in [0.15, 0.2) is 76.6 Å². The third kappa shape index (κ3) is 4.66. The zero-order valence-electron chi connectivity index (χ0n) is 21.4. The second-order valence-corrected chi connectivity index (χ2v) is 11.9. The second-order valence-electron chi connectivity index (χ2n) is 9.29. The van der Waals surface area contributed by atoms with Crippen LogP contribution < -0.4 is 24.0 Å². The molecule has 2 aliphatic heterocycles. The normalized spacial score (nSPS) is 19.8. The number of hydrogen-bond acceptors (Lipinski definition) is 8. The van der Waals surface area contributed by atoms with Crippen LogP contribution >= 0.6 is 34.7 Å². The van der Waals surface area contributed by atoms with E-state index < -0.39 is 17.1 Å². The van der Waals surface area contributed by atoms with Gasteiger partial charge in [-0.25, -0.2) is 4.90 Å². The number of benzene rings is 3. The van der Waals surface area contributed by atoms with Gasteiger partial charge in [0.25, 0.3) is 0 Å². The molecule has 8 nitrogen and oxygen atoms in total. The molecule has 2 aliphatic rings. The molecule has 3 aromatic carbocycles. The number of rotatable bonds is 7. The minimum Gasteiger partial charge on any atom is -0.497 e. The van der Waals surface area contributed by atoms with Gasteiger partial charge in [-0.3, -0.25) is 14.4 Å². The van der Waals surface area contributed by atoms with Crippen LogP contribution in [0, 0.1) is 5.92 Å². The van der Waals surface area contributed by atoms with E-state index in [0.29, 0.717) is 39.6 Å². The molecule has 0 aliphatic carbocycles.